The van der Waals surface area contributed by atoms with E-state index in [-0.39, 0.29) is 11.9 Å². The van der Waals surface area contributed by atoms with E-state index < -0.39 is 0 Å². The van der Waals surface area contributed by atoms with E-state index >= 15 is 0 Å². The SMILES string of the molecule is O=C(c1ccc(NC2CC2)nc1)N1CCCC1c1ccccn1. The maximum atomic E-state index is 12.8. The molecule has 2 aliphatic rings. The van der Waals surface area contributed by atoms with Crippen LogP contribution in [0.4, 0.5) is 5.82 Å². The molecule has 1 amide bonds. The number of likely N-dealkylation sites (tertiary alicyclic amines) is 1. The predicted molar refractivity (Wildman–Crippen MR) is 88.1 cm³/mol. The zero-order valence-corrected chi connectivity index (χ0v) is 13.0. The molecule has 1 saturated heterocycles. The van der Waals surface area contributed by atoms with Gasteiger partial charge in [0.1, 0.15) is 5.82 Å². The van der Waals surface area contributed by atoms with E-state index in [0.717, 1.165) is 30.9 Å². The minimum atomic E-state index is 0.0450. The maximum absolute atomic E-state index is 12.8. The largest absolute Gasteiger partial charge is 0.367 e. The monoisotopic (exact) mass is 308 g/mol. The number of amides is 1. The highest BCUT2D eigenvalue weighted by atomic mass is 16.2. The molecule has 1 aliphatic carbocycles. The summed E-state index contributed by atoms with van der Waals surface area (Å²) in [6.45, 7) is 0.780. The summed E-state index contributed by atoms with van der Waals surface area (Å²) in [6.07, 6.45) is 7.88. The molecule has 1 N–H and O–H groups in total. The van der Waals surface area contributed by atoms with E-state index in [1.165, 1.54) is 12.8 Å². The lowest BCUT2D eigenvalue weighted by Crippen LogP contribution is -2.31. The van der Waals surface area contributed by atoms with Gasteiger partial charge in [-0.25, -0.2) is 4.98 Å². The Balaban J connectivity index is 1.50. The highest BCUT2D eigenvalue weighted by molar-refractivity contribution is 5.94. The fourth-order valence-corrected chi connectivity index (χ4v) is 3.10. The Bertz CT molecular complexity index is 682. The summed E-state index contributed by atoms with van der Waals surface area (Å²) in [4.78, 5) is 23.5. The van der Waals surface area contributed by atoms with Crippen molar-refractivity contribution in [3.05, 3.63) is 54.0 Å². The van der Waals surface area contributed by atoms with Gasteiger partial charge < -0.3 is 10.2 Å². The van der Waals surface area contributed by atoms with Gasteiger partial charge >= 0.3 is 0 Å². The van der Waals surface area contributed by atoms with Gasteiger partial charge in [0, 0.05) is 25.0 Å². The van der Waals surface area contributed by atoms with Crippen LogP contribution in [0.2, 0.25) is 0 Å². The van der Waals surface area contributed by atoms with Crippen molar-refractivity contribution in [2.45, 2.75) is 37.8 Å². The van der Waals surface area contributed by atoms with Gasteiger partial charge in [-0.15, -0.1) is 0 Å². The van der Waals surface area contributed by atoms with Gasteiger partial charge in [0.2, 0.25) is 0 Å². The Morgan fingerprint density at radius 2 is 2.04 bits per heavy atom. The summed E-state index contributed by atoms with van der Waals surface area (Å²) >= 11 is 0. The third-order valence-electron chi connectivity index (χ3n) is 4.48. The van der Waals surface area contributed by atoms with Gasteiger partial charge in [-0.05, 0) is 49.9 Å². The van der Waals surface area contributed by atoms with Crippen molar-refractivity contribution in [2.75, 3.05) is 11.9 Å². The van der Waals surface area contributed by atoms with Crippen LogP contribution in [0.1, 0.15) is 47.8 Å². The van der Waals surface area contributed by atoms with Crippen LogP contribution in [0.25, 0.3) is 0 Å². The third-order valence-corrected chi connectivity index (χ3v) is 4.48. The number of nitrogens with zero attached hydrogens (tertiary/aromatic N) is 3. The lowest BCUT2D eigenvalue weighted by atomic mass is 10.1. The lowest BCUT2D eigenvalue weighted by Gasteiger charge is -2.24. The van der Waals surface area contributed by atoms with E-state index in [0.29, 0.717) is 11.6 Å². The molecule has 4 rings (SSSR count). The van der Waals surface area contributed by atoms with E-state index in [9.17, 15) is 4.79 Å². The number of carbonyl (C=O) groups is 1. The zero-order valence-electron chi connectivity index (χ0n) is 13.0. The number of carbonyl (C=O) groups excluding carboxylic acids is 1. The minimum absolute atomic E-state index is 0.0450. The first-order chi connectivity index (χ1) is 11.3. The number of anilines is 1. The number of aromatic nitrogens is 2. The summed E-state index contributed by atoms with van der Waals surface area (Å²) in [6, 6.07) is 10.3. The predicted octanol–water partition coefficient (Wildman–Crippen LogP) is 3.03. The zero-order chi connectivity index (χ0) is 15.6. The summed E-state index contributed by atoms with van der Waals surface area (Å²) in [5.74, 6) is 0.898. The van der Waals surface area contributed by atoms with Crippen molar-refractivity contribution in [3.8, 4) is 0 Å². The summed E-state index contributed by atoms with van der Waals surface area (Å²) in [5, 5.41) is 3.34. The maximum Gasteiger partial charge on any atom is 0.255 e. The average Bonchev–Trinajstić information content (AvgIpc) is 3.27. The van der Waals surface area contributed by atoms with Gasteiger partial charge in [0.05, 0.1) is 17.3 Å². The van der Waals surface area contributed by atoms with Gasteiger partial charge in [-0.3, -0.25) is 9.78 Å². The van der Waals surface area contributed by atoms with E-state index in [4.69, 9.17) is 0 Å². The normalized spacial score (nSPS) is 20.5. The first-order valence-corrected chi connectivity index (χ1v) is 8.26. The van der Waals surface area contributed by atoms with Crippen LogP contribution in [0.3, 0.4) is 0 Å². The second-order valence-corrected chi connectivity index (χ2v) is 6.26. The molecular weight excluding hydrogens is 288 g/mol. The van der Waals surface area contributed by atoms with Crippen LogP contribution in [0, 0.1) is 0 Å². The smallest absolute Gasteiger partial charge is 0.255 e. The first kappa shape index (κ1) is 14.2. The summed E-state index contributed by atoms with van der Waals surface area (Å²) in [5.41, 5.74) is 1.62. The van der Waals surface area contributed by atoms with Gasteiger partial charge in [0.15, 0.2) is 0 Å². The van der Waals surface area contributed by atoms with Gasteiger partial charge in [-0.2, -0.15) is 0 Å². The third kappa shape index (κ3) is 3.04. The molecule has 23 heavy (non-hydrogen) atoms. The Kier molecular flexibility index (Phi) is 3.69. The second kappa shape index (κ2) is 5.99. The fraction of sp³-hybridized carbons (Fsp3) is 0.389. The Labute approximate surface area is 135 Å². The number of hydrogen-bond donors (Lipinski definition) is 1. The second-order valence-electron chi connectivity index (χ2n) is 6.26. The topological polar surface area (TPSA) is 58.1 Å². The molecule has 118 valence electrons. The Hall–Kier alpha value is -2.43. The fourth-order valence-electron chi connectivity index (χ4n) is 3.10. The van der Waals surface area contributed by atoms with Gasteiger partial charge in [-0.1, -0.05) is 6.07 Å². The summed E-state index contributed by atoms with van der Waals surface area (Å²) in [7, 11) is 0. The molecule has 2 aromatic rings. The summed E-state index contributed by atoms with van der Waals surface area (Å²) < 4.78 is 0. The molecule has 1 atom stereocenters. The highest BCUT2D eigenvalue weighted by Gasteiger charge is 2.31. The van der Waals surface area contributed by atoms with Crippen LogP contribution in [-0.4, -0.2) is 33.4 Å². The van der Waals surface area contributed by atoms with Crippen molar-refractivity contribution < 1.29 is 4.79 Å². The number of nitrogens with one attached hydrogen (secondary N) is 1. The molecular formula is C18H20N4O. The molecule has 3 heterocycles. The van der Waals surface area contributed by atoms with Crippen LogP contribution in [-0.2, 0) is 0 Å². The van der Waals surface area contributed by atoms with Crippen molar-refractivity contribution >= 4 is 11.7 Å². The molecule has 5 nitrogen and oxygen atoms in total. The average molecular weight is 308 g/mol. The van der Waals surface area contributed by atoms with Crippen molar-refractivity contribution in [2.24, 2.45) is 0 Å². The molecule has 1 unspecified atom stereocenters. The Morgan fingerprint density at radius 1 is 1.13 bits per heavy atom. The van der Waals surface area contributed by atoms with Crippen molar-refractivity contribution in [1.82, 2.24) is 14.9 Å². The number of rotatable bonds is 4. The molecule has 0 bridgehead atoms. The van der Waals surface area contributed by atoms with Crippen LogP contribution < -0.4 is 5.32 Å². The van der Waals surface area contributed by atoms with Crippen LogP contribution >= 0.6 is 0 Å². The van der Waals surface area contributed by atoms with E-state index in [2.05, 4.69) is 15.3 Å². The molecule has 2 fully saturated rings. The lowest BCUT2D eigenvalue weighted by molar-refractivity contribution is 0.0732. The molecule has 5 heteroatoms. The molecule has 0 spiro atoms. The number of hydrogen-bond acceptors (Lipinski definition) is 4. The van der Waals surface area contributed by atoms with Gasteiger partial charge in [0.25, 0.3) is 5.91 Å². The minimum Gasteiger partial charge on any atom is -0.367 e. The van der Waals surface area contributed by atoms with Crippen molar-refractivity contribution in [3.63, 3.8) is 0 Å². The first-order valence-electron chi connectivity index (χ1n) is 8.26. The highest BCUT2D eigenvalue weighted by Crippen LogP contribution is 2.32. The standard InChI is InChI=1S/C18H20N4O/c23-18(13-6-9-17(20-12-13)21-14-7-8-14)22-11-3-5-16(22)15-4-1-2-10-19-15/h1-2,4,6,9-10,12,14,16H,3,5,7-8,11H2,(H,20,21). The molecule has 0 aromatic carbocycles. The Morgan fingerprint density at radius 3 is 2.74 bits per heavy atom. The molecule has 2 aromatic heterocycles. The van der Waals surface area contributed by atoms with Crippen molar-refractivity contribution in [1.29, 1.82) is 0 Å². The van der Waals surface area contributed by atoms with E-state index in [1.54, 1.807) is 12.4 Å². The molecule has 1 aliphatic heterocycles. The quantitative estimate of drug-likeness (QED) is 0.943. The number of pyridine rings is 2. The van der Waals surface area contributed by atoms with Crippen LogP contribution in [0.5, 0.6) is 0 Å². The van der Waals surface area contributed by atoms with Crippen LogP contribution in [0.15, 0.2) is 42.7 Å². The van der Waals surface area contributed by atoms with E-state index in [1.807, 2.05) is 35.2 Å². The molecule has 1 saturated carbocycles. The molecule has 0 radical (unpaired) electrons.